The van der Waals surface area contributed by atoms with Gasteiger partial charge in [0.05, 0.1) is 8.80 Å². The summed E-state index contributed by atoms with van der Waals surface area (Å²) < 4.78 is 0. The van der Waals surface area contributed by atoms with Crippen LogP contribution < -0.4 is 10.5 Å². The Morgan fingerprint density at radius 1 is 1.10 bits per heavy atom. The summed E-state index contributed by atoms with van der Waals surface area (Å²) in [5.41, 5.74) is 2.79. The van der Waals surface area contributed by atoms with E-state index >= 15 is 0 Å². The number of aryl methyl sites for hydroxylation is 1. The molecule has 1 N–H and O–H groups in total. The Labute approximate surface area is 148 Å². The number of fused-ring (bicyclic) bond motifs is 1. The second-order valence-electron chi connectivity index (χ2n) is 6.35. The summed E-state index contributed by atoms with van der Waals surface area (Å²) in [5, 5.41) is 8.05. The Balaban J connectivity index is 0. The van der Waals surface area contributed by atoms with E-state index in [1.807, 2.05) is 0 Å². The van der Waals surface area contributed by atoms with E-state index in [4.69, 9.17) is 0 Å². The number of nitrogens with one attached hydrogen (secondary N) is 1. The summed E-state index contributed by atoms with van der Waals surface area (Å²) in [6.07, 6.45) is 0. The van der Waals surface area contributed by atoms with Crippen LogP contribution in [-0.4, -0.2) is 14.3 Å². The summed E-state index contributed by atoms with van der Waals surface area (Å²) in [4.78, 5) is 0. The number of anilines is 1. The van der Waals surface area contributed by atoms with Gasteiger partial charge in [-0.1, -0.05) is 31.8 Å². The van der Waals surface area contributed by atoms with Crippen LogP contribution in [0.2, 0.25) is 13.1 Å². The van der Waals surface area contributed by atoms with E-state index in [0.717, 1.165) is 0 Å². The third kappa shape index (κ3) is 5.05. The summed E-state index contributed by atoms with van der Waals surface area (Å²) in [5.74, 6) is 0. The zero-order chi connectivity index (χ0) is 13.5. The van der Waals surface area contributed by atoms with Crippen LogP contribution in [0.5, 0.6) is 0 Å². The van der Waals surface area contributed by atoms with E-state index < -0.39 is 8.80 Å². The Morgan fingerprint density at radius 3 is 2.14 bits per heavy atom. The molecular formula is C18H29NSiTi. The van der Waals surface area contributed by atoms with Crippen molar-refractivity contribution in [2.75, 3.05) is 5.32 Å². The van der Waals surface area contributed by atoms with Crippen molar-refractivity contribution in [2.24, 2.45) is 0 Å². The molecule has 0 aromatic heterocycles. The maximum Gasteiger partial charge on any atom is 3.00 e. The molecule has 0 saturated carbocycles. The molecule has 0 aliphatic carbocycles. The summed E-state index contributed by atoms with van der Waals surface area (Å²) in [7, 11) is -0.441. The van der Waals surface area contributed by atoms with Gasteiger partial charge in [-0.2, -0.15) is 0 Å². The predicted octanol–water partition coefficient (Wildman–Crippen LogP) is 4.94. The second-order valence-corrected chi connectivity index (χ2v) is 8.89. The molecule has 0 spiro atoms. The molecule has 0 saturated heterocycles. The molecule has 2 aromatic carbocycles. The molecule has 0 heterocycles. The van der Waals surface area contributed by atoms with E-state index in [0.29, 0.717) is 0 Å². The molecule has 21 heavy (non-hydrogen) atoms. The molecule has 0 amide bonds. The quantitative estimate of drug-likeness (QED) is 0.606. The standard InChI is InChI=1S/C16H23NSi.2CH3.Ti/c1-11-10-12-8-7-9-13(18(5)6)14(12)15(11)17-16(2,3)4;;;/h7-10,17H,1-6H3;2*1H3;/q3*-1;+3. The minimum absolute atomic E-state index is 0. The first-order chi connectivity index (χ1) is 8.29. The van der Waals surface area contributed by atoms with Crippen molar-refractivity contribution < 1.29 is 21.7 Å². The molecular weight excluding hydrogens is 306 g/mol. The predicted molar refractivity (Wildman–Crippen MR) is 97.6 cm³/mol. The van der Waals surface area contributed by atoms with Gasteiger partial charge in [-0.25, -0.2) is 0 Å². The van der Waals surface area contributed by atoms with E-state index in [2.05, 4.69) is 70.4 Å². The van der Waals surface area contributed by atoms with E-state index in [1.54, 1.807) is 0 Å². The Morgan fingerprint density at radius 2 is 1.67 bits per heavy atom. The summed E-state index contributed by atoms with van der Waals surface area (Å²) in [6, 6.07) is 9.02. The average Bonchev–Trinajstić information content (AvgIpc) is 2.53. The maximum atomic E-state index is 3.68. The molecule has 0 atom stereocenters. The van der Waals surface area contributed by atoms with Gasteiger partial charge in [-0.15, -0.1) is 39.7 Å². The van der Waals surface area contributed by atoms with Gasteiger partial charge in [0.2, 0.25) is 0 Å². The van der Waals surface area contributed by atoms with Crippen molar-refractivity contribution >= 4 is 30.4 Å². The van der Waals surface area contributed by atoms with E-state index in [9.17, 15) is 0 Å². The number of rotatable bonds is 2. The topological polar surface area (TPSA) is 12.0 Å². The third-order valence-electron chi connectivity index (χ3n) is 3.15. The van der Waals surface area contributed by atoms with Gasteiger partial charge in [-0.05, 0) is 20.8 Å². The molecule has 2 rings (SSSR count). The first kappa shape index (κ1) is 22.8. The molecule has 114 valence electrons. The minimum atomic E-state index is -0.441. The van der Waals surface area contributed by atoms with E-state index in [-0.39, 0.29) is 42.1 Å². The first-order valence-electron chi connectivity index (χ1n) is 6.57. The first-order valence-corrected chi connectivity index (χ1v) is 9.07. The van der Waals surface area contributed by atoms with Gasteiger partial charge >= 0.3 is 21.7 Å². The Hall–Kier alpha value is -0.439. The van der Waals surface area contributed by atoms with Gasteiger partial charge in [-0.3, -0.25) is 0 Å². The van der Waals surface area contributed by atoms with Crippen LogP contribution in [0.25, 0.3) is 10.8 Å². The fourth-order valence-corrected chi connectivity index (χ4v) is 3.62. The monoisotopic (exact) mass is 335 g/mol. The molecule has 0 aliphatic heterocycles. The SMILES string of the molecule is Cc1[cH-]c2cccc([Si](C)C)c2c1NC(C)(C)C.[CH3-].[CH3-].[Ti+3]. The van der Waals surface area contributed by atoms with Crippen molar-refractivity contribution in [3.05, 3.63) is 44.7 Å². The van der Waals surface area contributed by atoms with Crippen molar-refractivity contribution in [1.82, 2.24) is 0 Å². The van der Waals surface area contributed by atoms with Crippen molar-refractivity contribution in [1.29, 1.82) is 0 Å². The molecule has 1 nitrogen and oxygen atoms in total. The normalized spacial score (nSPS) is 10.6. The molecule has 2 aromatic rings. The third-order valence-corrected chi connectivity index (χ3v) is 4.65. The Bertz CT molecular complexity index is 564. The van der Waals surface area contributed by atoms with Crippen LogP contribution in [0.1, 0.15) is 26.3 Å². The van der Waals surface area contributed by atoms with Crippen LogP contribution in [-0.2, 0) is 21.7 Å². The summed E-state index contributed by atoms with van der Waals surface area (Å²) in [6.45, 7) is 13.6. The van der Waals surface area contributed by atoms with Crippen LogP contribution in [0.4, 0.5) is 5.69 Å². The molecule has 0 bridgehead atoms. The Kier molecular flexibility index (Phi) is 8.98. The maximum absolute atomic E-state index is 3.68. The molecule has 3 heteroatoms. The molecule has 2 radical (unpaired) electrons. The van der Waals surface area contributed by atoms with Crippen molar-refractivity contribution in [3.8, 4) is 0 Å². The number of benzene rings is 1. The number of hydrogen-bond acceptors (Lipinski definition) is 1. The van der Waals surface area contributed by atoms with Gasteiger partial charge < -0.3 is 20.2 Å². The van der Waals surface area contributed by atoms with Gasteiger partial charge in [0.15, 0.2) is 0 Å². The van der Waals surface area contributed by atoms with Crippen LogP contribution in [0.15, 0.2) is 24.3 Å². The summed E-state index contributed by atoms with van der Waals surface area (Å²) >= 11 is 0. The number of hydrogen-bond donors (Lipinski definition) is 1. The largest absolute Gasteiger partial charge is 3.00 e. The van der Waals surface area contributed by atoms with Gasteiger partial charge in [0.1, 0.15) is 0 Å². The second kappa shape index (κ2) is 8.26. The molecule has 0 fully saturated rings. The minimum Gasteiger partial charge on any atom is -0.425 e. The van der Waals surface area contributed by atoms with Crippen LogP contribution in [0, 0.1) is 21.8 Å². The van der Waals surface area contributed by atoms with Crippen molar-refractivity contribution in [2.45, 2.75) is 46.3 Å². The van der Waals surface area contributed by atoms with Gasteiger partial charge in [0.25, 0.3) is 0 Å². The fourth-order valence-electron chi connectivity index (χ4n) is 2.42. The average molecular weight is 335 g/mol. The van der Waals surface area contributed by atoms with Crippen LogP contribution >= 0.6 is 0 Å². The fraction of sp³-hybridized carbons (Fsp3) is 0.389. The molecule has 0 aliphatic rings. The van der Waals surface area contributed by atoms with Gasteiger partial charge in [0, 0.05) is 5.54 Å². The van der Waals surface area contributed by atoms with Crippen molar-refractivity contribution in [3.63, 3.8) is 0 Å². The van der Waals surface area contributed by atoms with E-state index in [1.165, 1.54) is 27.2 Å². The zero-order valence-corrected chi connectivity index (χ0v) is 17.4. The zero-order valence-electron chi connectivity index (χ0n) is 14.8. The van der Waals surface area contributed by atoms with Crippen LogP contribution in [0.3, 0.4) is 0 Å². The molecule has 0 unspecified atom stereocenters. The smallest absolute Gasteiger partial charge is 0.425 e.